The van der Waals surface area contributed by atoms with Crippen molar-refractivity contribution in [3.63, 3.8) is 0 Å². The second kappa shape index (κ2) is 7.73. The third-order valence-corrected chi connectivity index (χ3v) is 3.20. The third kappa shape index (κ3) is 5.25. The molecule has 0 aromatic carbocycles. The highest BCUT2D eigenvalue weighted by atomic mass is 32.2. The van der Waals surface area contributed by atoms with Gasteiger partial charge in [-0.15, -0.1) is 0 Å². The van der Waals surface area contributed by atoms with Crippen molar-refractivity contribution in [1.82, 2.24) is 10.2 Å². The number of aliphatic carboxylic acids is 1. The van der Waals surface area contributed by atoms with Crippen molar-refractivity contribution < 1.29 is 19.1 Å². The quantitative estimate of drug-likeness (QED) is 0.796. The summed E-state index contributed by atoms with van der Waals surface area (Å²) in [6, 6.07) is 0.494. The number of carbonyl (C=O) groups excluding carboxylic acids is 1. The molecule has 0 radical (unpaired) electrons. The van der Waals surface area contributed by atoms with Gasteiger partial charge in [-0.3, -0.25) is 0 Å². The minimum Gasteiger partial charge on any atom is -0.480 e. The fourth-order valence-electron chi connectivity index (χ4n) is 1.48. The largest absolute Gasteiger partial charge is 0.480 e. The molecule has 6 nitrogen and oxygen atoms in total. The van der Waals surface area contributed by atoms with Crippen molar-refractivity contribution in [2.24, 2.45) is 0 Å². The topological polar surface area (TPSA) is 82.8 Å². The zero-order valence-corrected chi connectivity index (χ0v) is 11.8. The molecule has 0 aliphatic heterocycles. The summed E-state index contributed by atoms with van der Waals surface area (Å²) in [6.45, 7) is 0.372. The van der Waals surface area contributed by atoms with Crippen LogP contribution in [0.25, 0.3) is 0 Å². The van der Waals surface area contributed by atoms with Gasteiger partial charge in [-0.25, -0.2) is 9.59 Å². The normalized spacial score (nSPS) is 11.9. The van der Waals surface area contributed by atoms with E-state index in [1.807, 2.05) is 6.26 Å². The van der Waals surface area contributed by atoms with Gasteiger partial charge in [-0.1, -0.05) is 0 Å². The van der Waals surface area contributed by atoms with Crippen LogP contribution in [0.2, 0.25) is 0 Å². The second-order valence-electron chi connectivity index (χ2n) is 4.11. The average molecular weight is 286 g/mol. The van der Waals surface area contributed by atoms with E-state index < -0.39 is 18.0 Å². The highest BCUT2D eigenvalue weighted by molar-refractivity contribution is 7.98. The maximum Gasteiger partial charge on any atom is 0.326 e. The lowest BCUT2D eigenvalue weighted by atomic mass is 10.2. The van der Waals surface area contributed by atoms with E-state index >= 15 is 0 Å². The van der Waals surface area contributed by atoms with Gasteiger partial charge in [-0.2, -0.15) is 11.8 Å². The molecular formula is C12H18N2O4S. The summed E-state index contributed by atoms with van der Waals surface area (Å²) in [4.78, 5) is 24.3. The number of hydrogen-bond donors (Lipinski definition) is 2. The Hall–Kier alpha value is -1.63. The van der Waals surface area contributed by atoms with E-state index in [1.165, 1.54) is 11.2 Å². The molecule has 0 aliphatic carbocycles. The van der Waals surface area contributed by atoms with Gasteiger partial charge in [-0.05, 0) is 24.5 Å². The van der Waals surface area contributed by atoms with Gasteiger partial charge in [0.2, 0.25) is 0 Å². The van der Waals surface area contributed by atoms with Crippen molar-refractivity contribution in [3.8, 4) is 0 Å². The van der Waals surface area contributed by atoms with Gasteiger partial charge >= 0.3 is 12.0 Å². The molecule has 0 bridgehead atoms. The first kappa shape index (κ1) is 15.4. The molecule has 1 rings (SSSR count). The summed E-state index contributed by atoms with van der Waals surface area (Å²) in [6.07, 6.45) is 5.37. The summed E-state index contributed by atoms with van der Waals surface area (Å²) in [7, 11) is 1.61. The Bertz CT molecular complexity index is 408. The minimum atomic E-state index is -1.01. The first-order valence-corrected chi connectivity index (χ1v) is 7.18. The Morgan fingerprint density at radius 1 is 1.58 bits per heavy atom. The monoisotopic (exact) mass is 286 g/mol. The van der Waals surface area contributed by atoms with Crippen LogP contribution < -0.4 is 5.32 Å². The standard InChI is InChI=1S/C12H18N2O4S/c1-14(7-9-3-5-18-8-9)12(17)13-10(11(15)16)4-6-19-2/h3,5,8,10H,4,6-7H2,1-2H3,(H,13,17)(H,15,16)/t10-/m1/s1. The SMILES string of the molecule is CSCC[C@@H](NC(=O)N(C)Cc1ccoc1)C(=O)O. The Morgan fingerprint density at radius 2 is 2.32 bits per heavy atom. The molecule has 0 fully saturated rings. The molecule has 19 heavy (non-hydrogen) atoms. The first-order chi connectivity index (χ1) is 9.04. The molecule has 7 heteroatoms. The second-order valence-corrected chi connectivity index (χ2v) is 5.10. The van der Waals surface area contributed by atoms with Crippen molar-refractivity contribution in [3.05, 3.63) is 24.2 Å². The number of rotatable bonds is 7. The lowest BCUT2D eigenvalue weighted by Crippen LogP contribution is -2.46. The predicted octanol–water partition coefficient (Wildman–Crippen LogP) is 1.63. The third-order valence-electron chi connectivity index (χ3n) is 2.55. The van der Waals surface area contributed by atoms with Crippen molar-refractivity contribution in [2.45, 2.75) is 19.0 Å². The molecule has 0 spiro atoms. The van der Waals surface area contributed by atoms with E-state index in [4.69, 9.17) is 9.52 Å². The zero-order chi connectivity index (χ0) is 14.3. The maximum atomic E-state index is 11.9. The number of carboxylic acid groups (broad SMARTS) is 1. The van der Waals surface area contributed by atoms with Crippen LogP contribution in [-0.2, 0) is 11.3 Å². The molecule has 2 amide bonds. The Morgan fingerprint density at radius 3 is 2.84 bits per heavy atom. The fourth-order valence-corrected chi connectivity index (χ4v) is 1.95. The highest BCUT2D eigenvalue weighted by Gasteiger charge is 2.21. The Kier molecular flexibility index (Phi) is 6.27. The van der Waals surface area contributed by atoms with Crippen LogP contribution in [0.1, 0.15) is 12.0 Å². The number of carbonyl (C=O) groups is 2. The Balaban J connectivity index is 2.48. The van der Waals surface area contributed by atoms with Crippen LogP contribution in [0, 0.1) is 0 Å². The summed E-state index contributed by atoms with van der Waals surface area (Å²) < 4.78 is 4.91. The molecule has 1 heterocycles. The molecule has 1 aromatic rings. The molecule has 0 unspecified atom stereocenters. The lowest BCUT2D eigenvalue weighted by molar-refractivity contribution is -0.139. The van der Waals surface area contributed by atoms with Crippen LogP contribution in [0.4, 0.5) is 4.79 Å². The lowest BCUT2D eigenvalue weighted by Gasteiger charge is -2.20. The van der Waals surface area contributed by atoms with E-state index in [0.717, 1.165) is 5.56 Å². The summed E-state index contributed by atoms with van der Waals surface area (Å²) in [5.41, 5.74) is 0.855. The van der Waals surface area contributed by atoms with Crippen LogP contribution in [-0.4, -0.2) is 47.1 Å². The van der Waals surface area contributed by atoms with Crippen LogP contribution in [0.5, 0.6) is 0 Å². The van der Waals surface area contributed by atoms with Gasteiger partial charge in [0.05, 0.1) is 19.1 Å². The molecule has 1 atom stereocenters. The van der Waals surface area contributed by atoms with Crippen molar-refractivity contribution >= 4 is 23.8 Å². The molecule has 0 saturated carbocycles. The maximum absolute atomic E-state index is 11.9. The van der Waals surface area contributed by atoms with Gasteiger partial charge < -0.3 is 19.7 Å². The predicted molar refractivity (Wildman–Crippen MR) is 73.1 cm³/mol. The molecule has 106 valence electrons. The van der Waals surface area contributed by atoms with E-state index in [0.29, 0.717) is 18.7 Å². The number of carboxylic acids is 1. The average Bonchev–Trinajstić information content (AvgIpc) is 2.86. The first-order valence-electron chi connectivity index (χ1n) is 5.79. The van der Waals surface area contributed by atoms with Gasteiger partial charge in [0, 0.05) is 12.6 Å². The van der Waals surface area contributed by atoms with Crippen molar-refractivity contribution in [1.29, 1.82) is 0 Å². The smallest absolute Gasteiger partial charge is 0.326 e. The molecule has 0 saturated heterocycles. The number of thioether (sulfide) groups is 1. The molecule has 2 N–H and O–H groups in total. The van der Waals surface area contributed by atoms with Crippen LogP contribution in [0.15, 0.2) is 23.0 Å². The number of amides is 2. The number of urea groups is 1. The number of hydrogen-bond acceptors (Lipinski definition) is 4. The minimum absolute atomic E-state index is 0.372. The molecule has 1 aromatic heterocycles. The molecular weight excluding hydrogens is 268 g/mol. The number of nitrogens with one attached hydrogen (secondary N) is 1. The van der Waals surface area contributed by atoms with Gasteiger partial charge in [0.25, 0.3) is 0 Å². The van der Waals surface area contributed by atoms with E-state index in [2.05, 4.69) is 5.32 Å². The molecule has 0 aliphatic rings. The van der Waals surface area contributed by atoms with Crippen LogP contribution in [0.3, 0.4) is 0 Å². The van der Waals surface area contributed by atoms with Gasteiger partial charge in [0.1, 0.15) is 6.04 Å². The highest BCUT2D eigenvalue weighted by Crippen LogP contribution is 2.05. The number of nitrogens with zero attached hydrogens (tertiary/aromatic N) is 1. The Labute approximate surface area is 116 Å². The van der Waals surface area contributed by atoms with E-state index in [1.54, 1.807) is 31.1 Å². The zero-order valence-electron chi connectivity index (χ0n) is 11.0. The fraction of sp³-hybridized carbons (Fsp3) is 0.500. The van der Waals surface area contributed by atoms with Crippen molar-refractivity contribution in [2.75, 3.05) is 19.1 Å². The van der Waals surface area contributed by atoms with Crippen LogP contribution >= 0.6 is 11.8 Å². The summed E-state index contributed by atoms with van der Waals surface area (Å²) >= 11 is 1.55. The summed E-state index contributed by atoms with van der Waals surface area (Å²) in [5, 5.41) is 11.5. The van der Waals surface area contributed by atoms with E-state index in [9.17, 15) is 9.59 Å². The van der Waals surface area contributed by atoms with Gasteiger partial charge in [0.15, 0.2) is 0 Å². The summed E-state index contributed by atoms with van der Waals surface area (Å²) in [5.74, 6) is -0.331. The number of furan rings is 1. The van der Waals surface area contributed by atoms with E-state index in [-0.39, 0.29) is 0 Å².